The third kappa shape index (κ3) is 6.04. The van der Waals surface area contributed by atoms with Crippen LogP contribution in [0.3, 0.4) is 0 Å². The summed E-state index contributed by atoms with van der Waals surface area (Å²) in [7, 11) is 1.86. The number of hydrogen-bond donors (Lipinski definition) is 2. The lowest BCUT2D eigenvalue weighted by Crippen LogP contribution is -2.50. The Morgan fingerprint density at radius 2 is 1.64 bits per heavy atom. The molecular weight excluding hydrogens is 491 g/mol. The molecule has 0 unspecified atom stereocenters. The number of alkyl halides is 1. The van der Waals surface area contributed by atoms with Crippen molar-refractivity contribution < 1.29 is 14.0 Å². The molecular formula is C32H37FN4O2. The van der Waals surface area contributed by atoms with Gasteiger partial charge in [0.15, 0.2) is 0 Å². The zero-order valence-electron chi connectivity index (χ0n) is 22.7. The van der Waals surface area contributed by atoms with Crippen LogP contribution in [0.1, 0.15) is 57.4 Å². The first-order valence-corrected chi connectivity index (χ1v) is 13.8. The highest BCUT2D eigenvalue weighted by Gasteiger charge is 2.42. The van der Waals surface area contributed by atoms with Crippen LogP contribution in [0, 0.1) is 5.92 Å². The van der Waals surface area contributed by atoms with Gasteiger partial charge in [0.1, 0.15) is 12.0 Å². The fourth-order valence-electron chi connectivity index (χ4n) is 6.01. The predicted molar refractivity (Wildman–Crippen MR) is 153 cm³/mol. The molecule has 2 fully saturated rings. The standard InChI is InChI=1S/C32H37FN4O2/c1-21(38)37(2)27-14-8-22(9-15-27)16-31(39)36-30-17-28(23-6-4-3-5-7-23)29(20-35-30)24-10-12-25(13-11-24)32(34)18-26(33)19-32/h3-7,10-13,17,20,22,26-27H,8-9,14-16,18-19,34H2,1-2H3,(H,35,36,39)/t22-,26-,27-,32-. The number of hydrogen-bond acceptors (Lipinski definition) is 4. The molecule has 0 bridgehead atoms. The predicted octanol–water partition coefficient (Wildman–Crippen LogP) is 6.07. The summed E-state index contributed by atoms with van der Waals surface area (Å²) < 4.78 is 13.5. The highest BCUT2D eigenvalue weighted by Crippen LogP contribution is 2.42. The van der Waals surface area contributed by atoms with Crippen LogP contribution in [0.2, 0.25) is 0 Å². The maximum atomic E-state index is 13.5. The van der Waals surface area contributed by atoms with Crippen molar-refractivity contribution in [3.8, 4) is 22.3 Å². The zero-order valence-corrected chi connectivity index (χ0v) is 22.7. The third-order valence-corrected chi connectivity index (χ3v) is 8.53. The van der Waals surface area contributed by atoms with Crippen LogP contribution in [0.25, 0.3) is 22.3 Å². The molecule has 0 saturated heterocycles. The number of carbonyl (C=O) groups is 2. The van der Waals surface area contributed by atoms with Crippen LogP contribution in [0.5, 0.6) is 0 Å². The van der Waals surface area contributed by atoms with Gasteiger partial charge in [-0.1, -0.05) is 54.6 Å². The fraction of sp³-hybridized carbons (Fsp3) is 0.406. The molecule has 0 radical (unpaired) electrons. The van der Waals surface area contributed by atoms with Crippen molar-refractivity contribution in [1.82, 2.24) is 9.88 Å². The molecule has 2 aromatic carbocycles. The van der Waals surface area contributed by atoms with Crippen molar-refractivity contribution in [2.45, 2.75) is 69.6 Å². The molecule has 3 N–H and O–H groups in total. The van der Waals surface area contributed by atoms with Gasteiger partial charge in [-0.2, -0.15) is 0 Å². The van der Waals surface area contributed by atoms with Gasteiger partial charge in [-0.05, 0) is 59.9 Å². The van der Waals surface area contributed by atoms with Crippen molar-refractivity contribution in [2.75, 3.05) is 12.4 Å². The van der Waals surface area contributed by atoms with Crippen LogP contribution in [-0.4, -0.2) is 41.0 Å². The number of pyridine rings is 1. The Labute approximate surface area is 229 Å². The molecule has 1 aromatic heterocycles. The molecule has 2 aliphatic carbocycles. The lowest BCUT2D eigenvalue weighted by molar-refractivity contribution is -0.130. The molecule has 7 heteroatoms. The smallest absolute Gasteiger partial charge is 0.225 e. The van der Waals surface area contributed by atoms with Crippen LogP contribution in [-0.2, 0) is 15.1 Å². The average molecular weight is 529 g/mol. The molecule has 0 spiro atoms. The maximum absolute atomic E-state index is 13.5. The van der Waals surface area contributed by atoms with E-state index in [9.17, 15) is 14.0 Å². The van der Waals surface area contributed by atoms with E-state index in [1.807, 2.05) is 72.6 Å². The molecule has 6 nitrogen and oxygen atoms in total. The van der Waals surface area contributed by atoms with Gasteiger partial charge in [-0.15, -0.1) is 0 Å². The first-order valence-electron chi connectivity index (χ1n) is 13.8. The molecule has 2 aliphatic rings. The number of anilines is 1. The SMILES string of the molecule is CC(=O)N(C)[C@H]1CC[C@H](CC(=O)Nc2cc(-c3ccccc3)c(-c3ccc([C@]4(N)C[C@H](F)C4)cc3)cn2)CC1. The van der Waals surface area contributed by atoms with E-state index in [1.54, 1.807) is 13.1 Å². The largest absolute Gasteiger partial charge is 0.343 e. The molecule has 2 saturated carbocycles. The summed E-state index contributed by atoms with van der Waals surface area (Å²) in [4.78, 5) is 31.0. The first-order chi connectivity index (χ1) is 18.7. The van der Waals surface area contributed by atoms with Crippen LogP contribution >= 0.6 is 0 Å². The van der Waals surface area contributed by atoms with E-state index in [0.29, 0.717) is 31.0 Å². The molecule has 39 heavy (non-hydrogen) atoms. The van der Waals surface area contributed by atoms with Crippen molar-refractivity contribution in [2.24, 2.45) is 11.7 Å². The summed E-state index contributed by atoms with van der Waals surface area (Å²) >= 11 is 0. The summed E-state index contributed by atoms with van der Waals surface area (Å²) in [5, 5.41) is 3.01. The number of amides is 2. The number of rotatable bonds is 7. The fourth-order valence-corrected chi connectivity index (χ4v) is 6.01. The average Bonchev–Trinajstić information content (AvgIpc) is 2.93. The van der Waals surface area contributed by atoms with E-state index in [2.05, 4.69) is 10.3 Å². The Morgan fingerprint density at radius 1 is 1.00 bits per heavy atom. The zero-order chi connectivity index (χ0) is 27.6. The minimum atomic E-state index is -0.824. The Kier molecular flexibility index (Phi) is 7.80. The van der Waals surface area contributed by atoms with Crippen molar-refractivity contribution in [3.63, 3.8) is 0 Å². The van der Waals surface area contributed by atoms with E-state index in [-0.39, 0.29) is 17.9 Å². The van der Waals surface area contributed by atoms with Gasteiger partial charge in [0.05, 0.1) is 0 Å². The van der Waals surface area contributed by atoms with E-state index in [1.165, 1.54) is 0 Å². The Hall–Kier alpha value is -3.58. The van der Waals surface area contributed by atoms with Gasteiger partial charge < -0.3 is 16.0 Å². The van der Waals surface area contributed by atoms with Gasteiger partial charge in [-0.3, -0.25) is 9.59 Å². The van der Waals surface area contributed by atoms with Gasteiger partial charge in [0.2, 0.25) is 11.8 Å². The summed E-state index contributed by atoms with van der Waals surface area (Å²) in [5.41, 5.74) is 10.7. The monoisotopic (exact) mass is 528 g/mol. The molecule has 1 heterocycles. The summed E-state index contributed by atoms with van der Waals surface area (Å²) in [6.45, 7) is 1.60. The third-order valence-electron chi connectivity index (χ3n) is 8.53. The summed E-state index contributed by atoms with van der Waals surface area (Å²) in [5.74, 6) is 0.880. The van der Waals surface area contributed by atoms with E-state index in [4.69, 9.17) is 5.73 Å². The van der Waals surface area contributed by atoms with Crippen molar-refractivity contribution in [1.29, 1.82) is 0 Å². The second-order valence-corrected chi connectivity index (χ2v) is 11.3. The molecule has 5 rings (SSSR count). The topological polar surface area (TPSA) is 88.3 Å². The summed E-state index contributed by atoms with van der Waals surface area (Å²) in [6, 6.07) is 20.2. The van der Waals surface area contributed by atoms with Gasteiger partial charge in [0.25, 0.3) is 0 Å². The quantitative estimate of drug-likeness (QED) is 0.390. The van der Waals surface area contributed by atoms with Gasteiger partial charge in [-0.25, -0.2) is 9.37 Å². The highest BCUT2D eigenvalue weighted by molar-refractivity contribution is 5.92. The van der Waals surface area contributed by atoms with Crippen molar-refractivity contribution in [3.05, 3.63) is 72.4 Å². The molecule has 0 atom stereocenters. The van der Waals surface area contributed by atoms with E-state index >= 15 is 0 Å². The minimum Gasteiger partial charge on any atom is -0.343 e. The van der Waals surface area contributed by atoms with Gasteiger partial charge in [0, 0.05) is 56.6 Å². The Morgan fingerprint density at radius 3 is 2.26 bits per heavy atom. The molecule has 2 amide bonds. The number of nitrogens with two attached hydrogens (primary N) is 1. The minimum absolute atomic E-state index is 0.0399. The number of carbonyl (C=O) groups excluding carboxylic acids is 2. The number of benzene rings is 2. The van der Waals surface area contributed by atoms with Crippen LogP contribution in [0.15, 0.2) is 66.9 Å². The number of halogens is 1. The number of nitrogens with zero attached hydrogens (tertiary/aromatic N) is 2. The Bertz CT molecular complexity index is 1310. The molecule has 204 valence electrons. The first kappa shape index (κ1) is 27.0. The highest BCUT2D eigenvalue weighted by atomic mass is 19.1. The number of nitrogens with one attached hydrogen (secondary N) is 1. The summed E-state index contributed by atoms with van der Waals surface area (Å²) in [6.07, 6.45) is 5.86. The molecule has 0 aliphatic heterocycles. The van der Waals surface area contributed by atoms with Gasteiger partial charge >= 0.3 is 0 Å². The van der Waals surface area contributed by atoms with E-state index in [0.717, 1.165) is 53.5 Å². The Balaban J connectivity index is 1.30. The van der Waals surface area contributed by atoms with E-state index < -0.39 is 11.7 Å². The lowest BCUT2D eigenvalue weighted by atomic mass is 9.71. The molecule has 3 aromatic rings. The normalized spacial score (nSPS) is 24.5. The van der Waals surface area contributed by atoms with Crippen LogP contribution < -0.4 is 11.1 Å². The second kappa shape index (κ2) is 11.3. The lowest BCUT2D eigenvalue weighted by Gasteiger charge is -2.41. The second-order valence-electron chi connectivity index (χ2n) is 11.3. The van der Waals surface area contributed by atoms with Crippen LogP contribution in [0.4, 0.5) is 10.2 Å². The van der Waals surface area contributed by atoms with Crippen molar-refractivity contribution >= 4 is 17.6 Å². The number of aromatic nitrogens is 1. The maximum Gasteiger partial charge on any atom is 0.225 e.